The Kier molecular flexibility index (Phi) is 3.79. The second-order valence-electron chi connectivity index (χ2n) is 4.75. The topological polar surface area (TPSA) is 33.1 Å². The molecule has 0 radical (unpaired) electrons. The second kappa shape index (κ2) is 6.06. The first kappa shape index (κ1) is 13.1. The molecule has 21 heavy (non-hydrogen) atoms. The molecule has 0 spiro atoms. The fourth-order valence-corrected chi connectivity index (χ4v) is 2.22. The molecule has 1 heterocycles. The zero-order valence-corrected chi connectivity index (χ0v) is 11.5. The van der Waals surface area contributed by atoms with Gasteiger partial charge in [-0.3, -0.25) is 4.98 Å². The minimum atomic E-state index is 0.275. The van der Waals surface area contributed by atoms with Crippen molar-refractivity contribution in [3.8, 4) is 5.75 Å². The maximum Gasteiger partial charge on any atom is 0.115 e. The number of nitrogens with zero attached hydrogens (tertiary/aromatic N) is 1. The lowest BCUT2D eigenvalue weighted by molar-refractivity contribution is 0.475. The van der Waals surface area contributed by atoms with Crippen LogP contribution >= 0.6 is 0 Å². The van der Waals surface area contributed by atoms with Crippen molar-refractivity contribution >= 4 is 11.6 Å². The fourth-order valence-electron chi connectivity index (χ4n) is 2.22. The number of phenols is 1. The minimum absolute atomic E-state index is 0.275. The van der Waals surface area contributed by atoms with Gasteiger partial charge < -0.3 is 5.11 Å². The van der Waals surface area contributed by atoms with Crippen LogP contribution in [0.5, 0.6) is 5.75 Å². The summed E-state index contributed by atoms with van der Waals surface area (Å²) in [5, 5.41) is 9.40. The number of rotatable bonds is 3. The molecule has 0 amide bonds. The molecular formula is C19H15NO. The Hall–Kier alpha value is -2.87. The van der Waals surface area contributed by atoms with Gasteiger partial charge in [0.05, 0.1) is 0 Å². The lowest BCUT2D eigenvalue weighted by Crippen LogP contribution is -1.88. The molecule has 0 fully saturated rings. The van der Waals surface area contributed by atoms with Gasteiger partial charge in [-0.15, -0.1) is 0 Å². The van der Waals surface area contributed by atoms with E-state index in [9.17, 15) is 5.11 Å². The monoisotopic (exact) mass is 273 g/mol. The summed E-state index contributed by atoms with van der Waals surface area (Å²) in [6, 6.07) is 21.4. The quantitative estimate of drug-likeness (QED) is 0.718. The van der Waals surface area contributed by atoms with Crippen LogP contribution in [0.3, 0.4) is 0 Å². The molecule has 0 aliphatic rings. The predicted octanol–water partition coefficient (Wildman–Crippen LogP) is 4.38. The van der Waals surface area contributed by atoms with Crippen LogP contribution in [0.1, 0.15) is 16.7 Å². The van der Waals surface area contributed by atoms with Crippen molar-refractivity contribution in [3.63, 3.8) is 0 Å². The molecule has 3 aromatic rings. The predicted molar refractivity (Wildman–Crippen MR) is 85.8 cm³/mol. The van der Waals surface area contributed by atoms with E-state index in [1.165, 1.54) is 0 Å². The van der Waals surface area contributed by atoms with Gasteiger partial charge in [-0.05, 0) is 52.6 Å². The van der Waals surface area contributed by atoms with Gasteiger partial charge in [0.1, 0.15) is 5.75 Å². The molecule has 1 aromatic heterocycles. The van der Waals surface area contributed by atoms with Crippen LogP contribution in [0.15, 0.2) is 79.1 Å². The molecular weight excluding hydrogens is 258 g/mol. The van der Waals surface area contributed by atoms with Crippen LogP contribution in [-0.2, 0) is 0 Å². The summed E-state index contributed by atoms with van der Waals surface area (Å²) in [5.41, 5.74) is 4.44. The lowest BCUT2D eigenvalue weighted by atomic mass is 9.96. The maximum atomic E-state index is 9.40. The van der Waals surface area contributed by atoms with Crippen LogP contribution in [0.2, 0.25) is 0 Å². The van der Waals surface area contributed by atoms with Crippen LogP contribution in [0.4, 0.5) is 0 Å². The Morgan fingerprint density at radius 3 is 2.05 bits per heavy atom. The highest BCUT2D eigenvalue weighted by atomic mass is 16.3. The summed E-state index contributed by atoms with van der Waals surface area (Å²) in [7, 11) is 0. The zero-order chi connectivity index (χ0) is 14.5. The number of pyridine rings is 1. The van der Waals surface area contributed by atoms with E-state index < -0.39 is 0 Å². The summed E-state index contributed by atoms with van der Waals surface area (Å²) in [6.45, 7) is 0. The number of aromatic hydroxyl groups is 1. The molecule has 0 unspecified atom stereocenters. The van der Waals surface area contributed by atoms with E-state index in [0.717, 1.165) is 22.3 Å². The average molecular weight is 273 g/mol. The number of aromatic nitrogens is 1. The van der Waals surface area contributed by atoms with Gasteiger partial charge in [0.25, 0.3) is 0 Å². The minimum Gasteiger partial charge on any atom is -0.508 e. The second-order valence-corrected chi connectivity index (χ2v) is 4.75. The molecule has 2 aromatic carbocycles. The van der Waals surface area contributed by atoms with Crippen molar-refractivity contribution in [3.05, 3.63) is 95.8 Å². The first-order valence-corrected chi connectivity index (χ1v) is 6.79. The highest BCUT2D eigenvalue weighted by molar-refractivity contribution is 5.91. The van der Waals surface area contributed by atoms with E-state index in [1.807, 2.05) is 42.5 Å². The largest absolute Gasteiger partial charge is 0.508 e. The Bertz CT molecular complexity index is 690. The molecule has 0 aliphatic carbocycles. The Balaban J connectivity index is 2.10. The third-order valence-corrected chi connectivity index (χ3v) is 3.28. The van der Waals surface area contributed by atoms with Gasteiger partial charge >= 0.3 is 0 Å². The SMILES string of the molecule is Oc1ccc(/C=C(/c2ccccc2)c2ccncc2)cc1. The number of benzene rings is 2. The summed E-state index contributed by atoms with van der Waals surface area (Å²) < 4.78 is 0. The molecule has 0 aliphatic heterocycles. The van der Waals surface area contributed by atoms with Crippen molar-refractivity contribution in [2.45, 2.75) is 0 Å². The van der Waals surface area contributed by atoms with E-state index in [4.69, 9.17) is 0 Å². The van der Waals surface area contributed by atoms with Gasteiger partial charge in [-0.2, -0.15) is 0 Å². The molecule has 0 bridgehead atoms. The molecule has 0 saturated heterocycles. The first-order valence-electron chi connectivity index (χ1n) is 6.79. The maximum absolute atomic E-state index is 9.40. The molecule has 2 heteroatoms. The number of hydrogen-bond acceptors (Lipinski definition) is 2. The van der Waals surface area contributed by atoms with E-state index in [-0.39, 0.29) is 5.75 Å². The molecule has 102 valence electrons. The van der Waals surface area contributed by atoms with Crippen molar-refractivity contribution < 1.29 is 5.11 Å². The molecule has 0 atom stereocenters. The van der Waals surface area contributed by atoms with Gasteiger partial charge in [-0.1, -0.05) is 42.5 Å². The zero-order valence-electron chi connectivity index (χ0n) is 11.5. The van der Waals surface area contributed by atoms with Crippen LogP contribution in [-0.4, -0.2) is 10.1 Å². The smallest absolute Gasteiger partial charge is 0.115 e. The fraction of sp³-hybridized carbons (Fsp3) is 0. The molecule has 3 rings (SSSR count). The first-order chi connectivity index (χ1) is 10.3. The van der Waals surface area contributed by atoms with E-state index >= 15 is 0 Å². The molecule has 0 saturated carbocycles. The van der Waals surface area contributed by atoms with Crippen LogP contribution < -0.4 is 0 Å². The van der Waals surface area contributed by atoms with Crippen molar-refractivity contribution in [1.29, 1.82) is 0 Å². The van der Waals surface area contributed by atoms with Crippen LogP contribution in [0.25, 0.3) is 11.6 Å². The van der Waals surface area contributed by atoms with Crippen LogP contribution in [0, 0.1) is 0 Å². The van der Waals surface area contributed by atoms with E-state index in [0.29, 0.717) is 0 Å². The van der Waals surface area contributed by atoms with Gasteiger partial charge in [0.2, 0.25) is 0 Å². The molecule has 2 nitrogen and oxygen atoms in total. The third kappa shape index (κ3) is 3.18. The Morgan fingerprint density at radius 1 is 0.762 bits per heavy atom. The van der Waals surface area contributed by atoms with Gasteiger partial charge in [-0.25, -0.2) is 0 Å². The summed E-state index contributed by atoms with van der Waals surface area (Å²) in [5.74, 6) is 0.275. The van der Waals surface area contributed by atoms with E-state index in [2.05, 4.69) is 23.2 Å². The average Bonchev–Trinajstić information content (AvgIpc) is 2.56. The van der Waals surface area contributed by atoms with Crippen molar-refractivity contribution in [2.75, 3.05) is 0 Å². The van der Waals surface area contributed by atoms with Gasteiger partial charge in [0.15, 0.2) is 0 Å². The van der Waals surface area contributed by atoms with Crippen molar-refractivity contribution in [1.82, 2.24) is 4.98 Å². The molecule has 1 N–H and O–H groups in total. The van der Waals surface area contributed by atoms with E-state index in [1.54, 1.807) is 24.5 Å². The Labute approximate surface area is 124 Å². The normalized spacial score (nSPS) is 11.3. The Morgan fingerprint density at radius 2 is 1.38 bits per heavy atom. The highest BCUT2D eigenvalue weighted by Crippen LogP contribution is 2.26. The standard InChI is InChI=1S/C19H15NO/c21-18-8-6-15(7-9-18)14-19(16-4-2-1-3-5-16)17-10-12-20-13-11-17/h1-14,21H/b19-14-. The highest BCUT2D eigenvalue weighted by Gasteiger charge is 2.04. The number of hydrogen-bond donors (Lipinski definition) is 1. The van der Waals surface area contributed by atoms with Crippen molar-refractivity contribution in [2.24, 2.45) is 0 Å². The third-order valence-electron chi connectivity index (χ3n) is 3.28. The summed E-state index contributed by atoms with van der Waals surface area (Å²) >= 11 is 0. The summed E-state index contributed by atoms with van der Waals surface area (Å²) in [6.07, 6.45) is 5.70. The van der Waals surface area contributed by atoms with Gasteiger partial charge in [0, 0.05) is 12.4 Å². The number of phenolic OH excluding ortho intramolecular Hbond substituents is 1. The lowest BCUT2D eigenvalue weighted by Gasteiger charge is -2.08. The summed E-state index contributed by atoms with van der Waals surface area (Å²) in [4.78, 5) is 4.08.